The van der Waals surface area contributed by atoms with E-state index in [9.17, 15) is 10.1 Å². The van der Waals surface area contributed by atoms with Gasteiger partial charge in [-0.05, 0) is 45.7 Å². The molecule has 3 rings (SSSR count). The number of hydrogen-bond donors (Lipinski definition) is 0. The van der Waals surface area contributed by atoms with Crippen LogP contribution in [-0.4, -0.2) is 4.92 Å². The normalized spacial score (nSPS) is 12.9. The van der Waals surface area contributed by atoms with E-state index in [-0.39, 0.29) is 16.0 Å². The van der Waals surface area contributed by atoms with Crippen LogP contribution in [0.3, 0.4) is 0 Å². The van der Waals surface area contributed by atoms with Gasteiger partial charge in [-0.3, -0.25) is 10.1 Å². The SMILES string of the molecule is CC(C)(C)c1ccc2c(c1)Cc1cc([N+](=O)[O-])ccc1-2. The summed E-state index contributed by atoms with van der Waals surface area (Å²) in [6, 6.07) is 11.7. The van der Waals surface area contributed by atoms with Gasteiger partial charge in [-0.15, -0.1) is 0 Å². The zero-order valence-electron chi connectivity index (χ0n) is 11.9. The zero-order chi connectivity index (χ0) is 14.5. The van der Waals surface area contributed by atoms with Gasteiger partial charge in [-0.25, -0.2) is 0 Å². The Morgan fingerprint density at radius 1 is 1.00 bits per heavy atom. The molecule has 102 valence electrons. The highest BCUT2D eigenvalue weighted by atomic mass is 16.6. The second kappa shape index (κ2) is 4.17. The van der Waals surface area contributed by atoms with E-state index in [1.54, 1.807) is 12.1 Å². The lowest BCUT2D eigenvalue weighted by Crippen LogP contribution is -2.11. The largest absolute Gasteiger partial charge is 0.269 e. The molecule has 0 saturated heterocycles. The fourth-order valence-electron chi connectivity index (χ4n) is 2.78. The van der Waals surface area contributed by atoms with Crippen LogP contribution in [0.4, 0.5) is 5.69 Å². The van der Waals surface area contributed by atoms with Crippen LogP contribution >= 0.6 is 0 Å². The van der Waals surface area contributed by atoms with Gasteiger partial charge < -0.3 is 0 Å². The highest BCUT2D eigenvalue weighted by molar-refractivity contribution is 5.78. The van der Waals surface area contributed by atoms with Crippen molar-refractivity contribution in [3.8, 4) is 11.1 Å². The lowest BCUT2D eigenvalue weighted by atomic mass is 9.85. The number of hydrogen-bond acceptors (Lipinski definition) is 2. The molecule has 0 heterocycles. The summed E-state index contributed by atoms with van der Waals surface area (Å²) in [4.78, 5) is 10.5. The van der Waals surface area contributed by atoms with Crippen molar-refractivity contribution in [1.29, 1.82) is 0 Å². The van der Waals surface area contributed by atoms with E-state index in [0.717, 1.165) is 17.5 Å². The van der Waals surface area contributed by atoms with Crippen molar-refractivity contribution >= 4 is 5.69 Å². The van der Waals surface area contributed by atoms with Gasteiger partial charge in [0.25, 0.3) is 5.69 Å². The number of rotatable bonds is 1. The van der Waals surface area contributed by atoms with Gasteiger partial charge in [0.05, 0.1) is 4.92 Å². The summed E-state index contributed by atoms with van der Waals surface area (Å²) >= 11 is 0. The average Bonchev–Trinajstić information content (AvgIpc) is 2.73. The summed E-state index contributed by atoms with van der Waals surface area (Å²) in [6.45, 7) is 6.59. The fraction of sp³-hybridized carbons (Fsp3) is 0.294. The fourth-order valence-corrected chi connectivity index (χ4v) is 2.78. The predicted molar refractivity (Wildman–Crippen MR) is 80.0 cm³/mol. The van der Waals surface area contributed by atoms with Crippen LogP contribution in [0.2, 0.25) is 0 Å². The monoisotopic (exact) mass is 267 g/mol. The molecule has 1 aliphatic rings. The summed E-state index contributed by atoms with van der Waals surface area (Å²) in [6.07, 6.45) is 0.788. The first-order chi connectivity index (χ1) is 9.36. The molecule has 20 heavy (non-hydrogen) atoms. The molecule has 0 unspecified atom stereocenters. The first kappa shape index (κ1) is 12.9. The van der Waals surface area contributed by atoms with Crippen molar-refractivity contribution in [2.75, 3.05) is 0 Å². The quantitative estimate of drug-likeness (QED) is 0.482. The van der Waals surface area contributed by atoms with Gasteiger partial charge in [0.2, 0.25) is 0 Å². The minimum Gasteiger partial charge on any atom is -0.258 e. The van der Waals surface area contributed by atoms with Gasteiger partial charge in [0.15, 0.2) is 0 Å². The summed E-state index contributed by atoms with van der Waals surface area (Å²) in [7, 11) is 0. The summed E-state index contributed by atoms with van der Waals surface area (Å²) < 4.78 is 0. The molecule has 2 aromatic rings. The van der Waals surface area contributed by atoms with E-state index in [0.29, 0.717) is 0 Å². The number of benzene rings is 2. The van der Waals surface area contributed by atoms with Crippen molar-refractivity contribution in [3.05, 3.63) is 63.2 Å². The highest BCUT2D eigenvalue weighted by Gasteiger charge is 2.23. The number of nitro benzene ring substituents is 1. The van der Waals surface area contributed by atoms with Gasteiger partial charge in [0.1, 0.15) is 0 Å². The number of non-ortho nitro benzene ring substituents is 1. The van der Waals surface area contributed by atoms with Crippen molar-refractivity contribution in [1.82, 2.24) is 0 Å². The van der Waals surface area contributed by atoms with E-state index in [2.05, 4.69) is 39.0 Å². The minimum absolute atomic E-state index is 0.121. The first-order valence-corrected chi connectivity index (χ1v) is 6.77. The molecule has 0 bridgehead atoms. The summed E-state index contributed by atoms with van der Waals surface area (Å²) in [5.74, 6) is 0. The molecule has 0 fully saturated rings. The smallest absolute Gasteiger partial charge is 0.258 e. The average molecular weight is 267 g/mol. The summed E-state index contributed by atoms with van der Waals surface area (Å²) in [5.41, 5.74) is 6.27. The number of nitrogens with zero attached hydrogens (tertiary/aromatic N) is 1. The van der Waals surface area contributed by atoms with Crippen LogP contribution in [0.25, 0.3) is 11.1 Å². The molecule has 2 aromatic carbocycles. The number of nitro groups is 1. The van der Waals surface area contributed by atoms with E-state index >= 15 is 0 Å². The zero-order valence-corrected chi connectivity index (χ0v) is 11.9. The second-order valence-electron chi connectivity index (χ2n) is 6.40. The van der Waals surface area contributed by atoms with E-state index in [1.807, 2.05) is 6.07 Å². The van der Waals surface area contributed by atoms with Gasteiger partial charge in [0, 0.05) is 12.1 Å². The van der Waals surface area contributed by atoms with Crippen LogP contribution < -0.4 is 0 Å². The third kappa shape index (κ3) is 1.99. The van der Waals surface area contributed by atoms with Gasteiger partial charge >= 0.3 is 0 Å². The van der Waals surface area contributed by atoms with Crippen molar-refractivity contribution in [2.45, 2.75) is 32.6 Å². The van der Waals surface area contributed by atoms with Crippen LogP contribution in [0.15, 0.2) is 36.4 Å². The maximum absolute atomic E-state index is 10.9. The first-order valence-electron chi connectivity index (χ1n) is 6.77. The molecule has 0 aromatic heterocycles. The van der Waals surface area contributed by atoms with Gasteiger partial charge in [-0.1, -0.05) is 39.0 Å². The molecule has 1 aliphatic carbocycles. The Kier molecular flexibility index (Phi) is 2.68. The van der Waals surface area contributed by atoms with E-state index in [1.165, 1.54) is 16.7 Å². The highest BCUT2D eigenvalue weighted by Crippen LogP contribution is 2.40. The van der Waals surface area contributed by atoms with Crippen LogP contribution in [-0.2, 0) is 11.8 Å². The molecule has 0 atom stereocenters. The second-order valence-corrected chi connectivity index (χ2v) is 6.40. The molecule has 0 N–H and O–H groups in total. The Labute approximate surface area is 118 Å². The molecule has 3 nitrogen and oxygen atoms in total. The molecular weight excluding hydrogens is 250 g/mol. The third-order valence-corrected chi connectivity index (χ3v) is 3.94. The Bertz CT molecular complexity index is 711. The van der Waals surface area contributed by atoms with E-state index in [4.69, 9.17) is 0 Å². The topological polar surface area (TPSA) is 43.1 Å². The van der Waals surface area contributed by atoms with Crippen LogP contribution in [0.1, 0.15) is 37.5 Å². The molecular formula is C17H17NO2. The molecule has 0 saturated carbocycles. The van der Waals surface area contributed by atoms with Crippen molar-refractivity contribution in [2.24, 2.45) is 0 Å². The van der Waals surface area contributed by atoms with Crippen LogP contribution in [0, 0.1) is 10.1 Å². The Morgan fingerprint density at radius 2 is 1.60 bits per heavy atom. The standard InChI is InChI=1S/C17H17NO2/c1-17(2,3)13-4-6-15-11(9-13)8-12-10-14(18(19)20)5-7-16(12)15/h4-7,9-10H,8H2,1-3H3. The summed E-state index contributed by atoms with van der Waals surface area (Å²) in [5, 5.41) is 10.9. The third-order valence-electron chi connectivity index (χ3n) is 3.94. The predicted octanol–water partition coefficient (Wildman–Crippen LogP) is 4.46. The Morgan fingerprint density at radius 3 is 2.20 bits per heavy atom. The van der Waals surface area contributed by atoms with Crippen molar-refractivity contribution < 1.29 is 4.92 Å². The molecule has 3 heteroatoms. The van der Waals surface area contributed by atoms with Gasteiger partial charge in [-0.2, -0.15) is 0 Å². The Balaban J connectivity index is 2.08. The number of fused-ring (bicyclic) bond motifs is 3. The van der Waals surface area contributed by atoms with Crippen molar-refractivity contribution in [3.63, 3.8) is 0 Å². The Hall–Kier alpha value is -2.16. The molecule has 0 amide bonds. The molecule has 0 radical (unpaired) electrons. The minimum atomic E-state index is -0.330. The maximum Gasteiger partial charge on any atom is 0.269 e. The van der Waals surface area contributed by atoms with E-state index < -0.39 is 0 Å². The lowest BCUT2D eigenvalue weighted by molar-refractivity contribution is -0.384. The molecule has 0 spiro atoms. The molecule has 0 aliphatic heterocycles. The van der Waals surface area contributed by atoms with Crippen LogP contribution in [0.5, 0.6) is 0 Å². The maximum atomic E-state index is 10.9. The lowest BCUT2D eigenvalue weighted by Gasteiger charge is -2.20.